The Balaban J connectivity index is 1.47. The van der Waals surface area contributed by atoms with Crippen LogP contribution in [0.5, 0.6) is 0 Å². The van der Waals surface area contributed by atoms with E-state index in [9.17, 15) is 31.6 Å². The highest BCUT2D eigenvalue weighted by molar-refractivity contribution is 7.19. The average Bonchev–Trinajstić information content (AvgIpc) is 3.94. The highest BCUT2D eigenvalue weighted by Crippen LogP contribution is 2.39. The van der Waals surface area contributed by atoms with Crippen LogP contribution in [0.1, 0.15) is 32.7 Å². The summed E-state index contributed by atoms with van der Waals surface area (Å²) in [7, 11) is 0. The van der Waals surface area contributed by atoms with Gasteiger partial charge in [-0.05, 0) is 63.9 Å². The third-order valence-electron chi connectivity index (χ3n) is 7.81. The summed E-state index contributed by atoms with van der Waals surface area (Å²) < 4.78 is 2.12. The van der Waals surface area contributed by atoms with Gasteiger partial charge in [0.15, 0.2) is 11.8 Å². The number of hydrogen-bond donors (Lipinski definition) is 0. The lowest BCUT2D eigenvalue weighted by Crippen LogP contribution is -2.02. The summed E-state index contributed by atoms with van der Waals surface area (Å²) >= 11 is 4.98. The van der Waals surface area contributed by atoms with Crippen LogP contribution in [-0.2, 0) is 0 Å². The Bertz CT molecular complexity index is 2510. The van der Waals surface area contributed by atoms with Crippen molar-refractivity contribution in [3.8, 4) is 57.3 Å². The van der Waals surface area contributed by atoms with Gasteiger partial charge in [-0.3, -0.25) is 0 Å². The Morgan fingerprint density at radius 1 is 0.469 bits per heavy atom. The van der Waals surface area contributed by atoms with Crippen molar-refractivity contribution in [3.63, 3.8) is 0 Å². The minimum atomic E-state index is -0.807. The lowest BCUT2D eigenvalue weighted by Gasteiger charge is -2.04. The fraction of sp³-hybridized carbons (Fsp3) is 0.0500. The van der Waals surface area contributed by atoms with Crippen LogP contribution in [0.3, 0.4) is 0 Å². The summed E-state index contributed by atoms with van der Waals surface area (Å²) in [5, 5.41) is 57.2. The van der Waals surface area contributed by atoms with Crippen LogP contribution in [0.25, 0.3) is 32.0 Å². The fourth-order valence-corrected chi connectivity index (χ4v) is 8.69. The van der Waals surface area contributed by atoms with Crippen molar-refractivity contribution < 1.29 is 0 Å². The maximum Gasteiger partial charge on any atom is 0.158 e. The van der Waals surface area contributed by atoms with Crippen LogP contribution in [0.4, 0.5) is 0 Å². The zero-order chi connectivity index (χ0) is 34.3. The van der Waals surface area contributed by atoms with Crippen molar-refractivity contribution in [1.29, 1.82) is 31.6 Å². The molecule has 0 amide bonds. The first-order valence-corrected chi connectivity index (χ1v) is 17.2. The molecule has 3 aromatic heterocycles. The molecule has 0 unspecified atom stereocenters. The maximum atomic E-state index is 9.29. The SMILES string of the molecule is N#CC(C#N)=c1ccc(=c2ccc(=C(c3ccc(-c4ccc(C(C#N)C#N)cc4)s3)c3ccc(-c4ccc(C(C#N)C#N)cc4)s3)s2)cc1. The summed E-state index contributed by atoms with van der Waals surface area (Å²) in [4.78, 5) is 4.25. The van der Waals surface area contributed by atoms with Gasteiger partial charge in [-0.15, -0.1) is 34.0 Å². The largest absolute Gasteiger partial charge is 0.196 e. The second-order valence-corrected chi connectivity index (χ2v) is 13.9. The van der Waals surface area contributed by atoms with Gasteiger partial charge in [-0.25, -0.2) is 0 Å². The average molecular weight is 681 g/mol. The molecular formula is C40H20N6S3. The number of nitriles is 6. The van der Waals surface area contributed by atoms with Gasteiger partial charge in [-0.2, -0.15) is 31.6 Å². The van der Waals surface area contributed by atoms with E-state index in [2.05, 4.69) is 36.4 Å². The number of nitrogens with zero attached hydrogens (tertiary/aromatic N) is 6. The van der Waals surface area contributed by atoms with Crippen LogP contribution in [0.2, 0.25) is 0 Å². The van der Waals surface area contributed by atoms with E-state index in [1.54, 1.807) is 46.1 Å². The van der Waals surface area contributed by atoms with Crippen molar-refractivity contribution >= 4 is 45.2 Å². The van der Waals surface area contributed by atoms with Gasteiger partial charge in [0.2, 0.25) is 0 Å². The van der Waals surface area contributed by atoms with E-state index >= 15 is 0 Å². The summed E-state index contributed by atoms with van der Waals surface area (Å²) in [6, 6.07) is 47.1. The molecule has 6 nitrogen and oxygen atoms in total. The van der Waals surface area contributed by atoms with Crippen LogP contribution >= 0.6 is 34.0 Å². The molecule has 0 radical (unpaired) electrons. The minimum absolute atomic E-state index is 0.0743. The molecule has 228 valence electrons. The highest BCUT2D eigenvalue weighted by Gasteiger charge is 2.16. The van der Waals surface area contributed by atoms with Crippen molar-refractivity contribution in [1.82, 2.24) is 0 Å². The second-order valence-electron chi connectivity index (χ2n) is 10.7. The van der Waals surface area contributed by atoms with E-state index < -0.39 is 11.8 Å². The molecule has 9 heteroatoms. The molecule has 3 heterocycles. The van der Waals surface area contributed by atoms with Crippen LogP contribution < -0.4 is 9.75 Å². The van der Waals surface area contributed by atoms with Crippen molar-refractivity contribution in [3.05, 3.63) is 150 Å². The van der Waals surface area contributed by atoms with E-state index in [0.717, 1.165) is 50.5 Å². The summed E-state index contributed by atoms with van der Waals surface area (Å²) in [5.41, 5.74) is 4.48. The topological polar surface area (TPSA) is 143 Å². The lowest BCUT2D eigenvalue weighted by molar-refractivity contribution is 1.10. The Morgan fingerprint density at radius 2 is 0.939 bits per heavy atom. The number of benzene rings is 3. The Morgan fingerprint density at radius 3 is 1.37 bits per heavy atom. The van der Waals surface area contributed by atoms with E-state index in [-0.39, 0.29) is 5.57 Å². The molecule has 49 heavy (non-hydrogen) atoms. The molecule has 0 saturated heterocycles. The Kier molecular flexibility index (Phi) is 9.56. The number of thiophene rings is 3. The zero-order valence-electron chi connectivity index (χ0n) is 25.5. The molecule has 0 atom stereocenters. The smallest absolute Gasteiger partial charge is 0.158 e. The van der Waals surface area contributed by atoms with Crippen molar-refractivity contribution in [2.75, 3.05) is 0 Å². The van der Waals surface area contributed by atoms with E-state index in [0.29, 0.717) is 16.3 Å². The summed E-state index contributed by atoms with van der Waals surface area (Å²) in [6.45, 7) is 0. The summed E-state index contributed by atoms with van der Waals surface area (Å²) in [5.74, 6) is -1.61. The molecule has 0 saturated carbocycles. The number of rotatable bonds is 6. The van der Waals surface area contributed by atoms with Crippen molar-refractivity contribution in [2.24, 2.45) is 0 Å². The molecule has 0 fully saturated rings. The first-order valence-electron chi connectivity index (χ1n) is 14.7. The quantitative estimate of drug-likeness (QED) is 0.174. The highest BCUT2D eigenvalue weighted by atomic mass is 32.1. The number of hydrogen-bond acceptors (Lipinski definition) is 9. The van der Waals surface area contributed by atoms with Crippen LogP contribution in [0.15, 0.2) is 109 Å². The molecule has 0 N–H and O–H groups in total. The van der Waals surface area contributed by atoms with Gasteiger partial charge in [0.25, 0.3) is 0 Å². The lowest BCUT2D eigenvalue weighted by atomic mass is 10.0. The predicted octanol–water partition coefficient (Wildman–Crippen LogP) is 8.20. The third-order valence-corrected chi connectivity index (χ3v) is 11.3. The van der Waals surface area contributed by atoms with Gasteiger partial charge in [-0.1, -0.05) is 72.8 Å². The molecule has 0 aliphatic rings. The second kappa shape index (κ2) is 14.5. The fourth-order valence-electron chi connectivity index (χ4n) is 5.24. The first kappa shape index (κ1) is 32.4. The van der Waals surface area contributed by atoms with Crippen molar-refractivity contribution in [2.45, 2.75) is 11.8 Å². The first-order chi connectivity index (χ1) is 24.0. The van der Waals surface area contributed by atoms with Gasteiger partial charge in [0.1, 0.15) is 17.7 Å². The third kappa shape index (κ3) is 6.65. The Hall–Kier alpha value is -6.56. The molecule has 0 spiro atoms. The van der Waals surface area contributed by atoms with E-state index in [1.807, 2.05) is 97.1 Å². The zero-order valence-corrected chi connectivity index (χ0v) is 27.9. The Labute approximate surface area is 294 Å². The molecule has 0 aliphatic heterocycles. The standard InChI is InChI=1S/C40H20N6S3/c41-19-31(20-42)25-1-7-28(8-2-25)34-13-16-37(47-34)40(38-17-14-35(48-38)29-9-3-26(4-10-29)32(21-43)22-44)39-18-15-36(49-39)30-11-5-27(6-12-30)33(23-45)24-46/h1-18,31-32H. The summed E-state index contributed by atoms with van der Waals surface area (Å²) in [6.07, 6.45) is 0. The molecule has 6 aromatic rings. The van der Waals surface area contributed by atoms with E-state index in [4.69, 9.17) is 0 Å². The van der Waals surface area contributed by atoms with Gasteiger partial charge >= 0.3 is 0 Å². The minimum Gasteiger partial charge on any atom is -0.196 e. The maximum absolute atomic E-state index is 9.29. The van der Waals surface area contributed by atoms with Gasteiger partial charge in [0, 0.05) is 39.4 Å². The molecular weight excluding hydrogens is 661 g/mol. The van der Waals surface area contributed by atoms with Gasteiger partial charge < -0.3 is 0 Å². The normalized spacial score (nSPS) is 10.3. The molecule has 0 aliphatic carbocycles. The molecule has 6 rings (SSSR count). The van der Waals surface area contributed by atoms with Crippen LogP contribution in [-0.4, -0.2) is 0 Å². The molecule has 3 aromatic carbocycles. The monoisotopic (exact) mass is 680 g/mol. The van der Waals surface area contributed by atoms with Gasteiger partial charge in [0.05, 0.1) is 24.3 Å². The van der Waals surface area contributed by atoms with E-state index in [1.165, 1.54) is 0 Å². The van der Waals surface area contributed by atoms with Crippen LogP contribution in [0, 0.1) is 77.7 Å². The molecule has 0 bridgehead atoms. The predicted molar refractivity (Wildman–Crippen MR) is 191 cm³/mol.